The fraction of sp³-hybridized carbons (Fsp3) is 0.294. The van der Waals surface area contributed by atoms with Gasteiger partial charge in [-0.1, -0.05) is 32.1 Å². The molecule has 0 aliphatic rings. The summed E-state index contributed by atoms with van der Waals surface area (Å²) in [6, 6.07) is 14.8. The van der Waals surface area contributed by atoms with E-state index in [1.165, 1.54) is 18.9 Å². The fourth-order valence-corrected chi connectivity index (χ4v) is 4.77. The number of aromatic nitrogens is 2. The molecule has 4 aromatic rings. The number of para-hydroxylation sites is 1. The van der Waals surface area contributed by atoms with Gasteiger partial charge in [0.1, 0.15) is 5.75 Å². The van der Waals surface area contributed by atoms with Crippen molar-refractivity contribution in [3.8, 4) is 28.6 Å². The van der Waals surface area contributed by atoms with Gasteiger partial charge in [0.2, 0.25) is 0 Å². The Morgan fingerprint density at radius 3 is 2.53 bits per heavy atom. The lowest BCUT2D eigenvalue weighted by molar-refractivity contribution is -0.142. The fourth-order valence-electron chi connectivity index (χ4n) is 4.77. The number of rotatable bonds is 12. The molecule has 224 valence electrons. The summed E-state index contributed by atoms with van der Waals surface area (Å²) in [7, 11) is 2.80. The number of hydrogen-bond donors (Lipinski definition) is 0. The Bertz CT molecular complexity index is 1740. The van der Waals surface area contributed by atoms with Crippen LogP contribution in [0.2, 0.25) is 0 Å². The van der Waals surface area contributed by atoms with Gasteiger partial charge in [-0.3, -0.25) is 4.79 Å². The third kappa shape index (κ3) is 6.77. The Hall–Kier alpha value is -4.92. The van der Waals surface area contributed by atoms with E-state index in [2.05, 4.69) is 25.5 Å². The maximum absolute atomic E-state index is 13.9. The predicted molar refractivity (Wildman–Crippen MR) is 169 cm³/mol. The van der Waals surface area contributed by atoms with Crippen molar-refractivity contribution in [3.63, 3.8) is 0 Å². The molecule has 0 fully saturated rings. The van der Waals surface area contributed by atoms with Gasteiger partial charge in [0.05, 0.1) is 37.9 Å². The lowest BCUT2D eigenvalue weighted by Gasteiger charge is -2.18. The Balaban J connectivity index is 1.90. The van der Waals surface area contributed by atoms with E-state index in [1.807, 2.05) is 44.2 Å². The molecule has 3 aromatic carbocycles. The van der Waals surface area contributed by atoms with Crippen molar-refractivity contribution in [2.45, 2.75) is 40.0 Å². The second kappa shape index (κ2) is 13.8. The quantitative estimate of drug-likeness (QED) is 0.113. The Kier molecular flexibility index (Phi) is 9.98. The molecule has 4 rings (SSSR count). The SMILES string of the molecule is C=CCc1cc(C=Nn2c(-c3cc(C(C)C)c(OCC)cc3C)nc3ccccc3c2=O)cc(OC)c1OCC(=O)OC. The first-order chi connectivity index (χ1) is 20.7. The molecule has 9 heteroatoms. The van der Waals surface area contributed by atoms with Crippen molar-refractivity contribution >= 4 is 23.1 Å². The number of hydrogen-bond acceptors (Lipinski definition) is 8. The third-order valence-corrected chi connectivity index (χ3v) is 6.90. The van der Waals surface area contributed by atoms with Gasteiger partial charge >= 0.3 is 5.97 Å². The number of allylic oxidation sites excluding steroid dienone is 1. The van der Waals surface area contributed by atoms with Gasteiger partial charge in [-0.2, -0.15) is 9.78 Å². The Morgan fingerprint density at radius 2 is 1.86 bits per heavy atom. The Labute approximate surface area is 251 Å². The molecule has 1 heterocycles. The van der Waals surface area contributed by atoms with Gasteiger partial charge in [0.25, 0.3) is 5.56 Å². The van der Waals surface area contributed by atoms with Crippen LogP contribution in [-0.4, -0.2) is 49.3 Å². The van der Waals surface area contributed by atoms with Crippen molar-refractivity contribution in [2.24, 2.45) is 5.10 Å². The third-order valence-electron chi connectivity index (χ3n) is 6.90. The van der Waals surface area contributed by atoms with Crippen LogP contribution in [0.5, 0.6) is 17.2 Å². The zero-order chi connectivity index (χ0) is 31.1. The number of carbonyl (C=O) groups is 1. The highest BCUT2D eigenvalue weighted by atomic mass is 16.6. The minimum Gasteiger partial charge on any atom is -0.494 e. The molecule has 0 spiro atoms. The number of aryl methyl sites for hydroxylation is 1. The molecule has 9 nitrogen and oxygen atoms in total. The van der Waals surface area contributed by atoms with Crippen LogP contribution in [0, 0.1) is 6.92 Å². The van der Waals surface area contributed by atoms with E-state index < -0.39 is 5.97 Å². The lowest BCUT2D eigenvalue weighted by Crippen LogP contribution is -2.21. The van der Waals surface area contributed by atoms with Crippen molar-refractivity contribution in [1.29, 1.82) is 0 Å². The first kappa shape index (κ1) is 31.0. The topological polar surface area (TPSA) is 101 Å². The van der Waals surface area contributed by atoms with Crippen LogP contribution in [0.25, 0.3) is 22.3 Å². The van der Waals surface area contributed by atoms with Crippen LogP contribution < -0.4 is 19.8 Å². The molecule has 0 aliphatic heterocycles. The standard InChI is InChI=1S/C34H37N3O6/c1-8-12-24-16-23(17-30(40-6)32(24)43-20-31(38)41-7)19-35-37-33(36-28-14-11-10-13-25(28)34(37)39)27-18-26(21(3)4)29(42-9-2)15-22(27)5/h8,10-11,13-19,21H,1,9,12,20H2,2-7H3. The van der Waals surface area contributed by atoms with Gasteiger partial charge in [-0.25, -0.2) is 9.78 Å². The lowest BCUT2D eigenvalue weighted by atomic mass is 9.96. The van der Waals surface area contributed by atoms with E-state index in [4.69, 9.17) is 23.9 Å². The van der Waals surface area contributed by atoms with E-state index in [-0.39, 0.29) is 18.1 Å². The normalized spacial score (nSPS) is 11.2. The second-order valence-electron chi connectivity index (χ2n) is 10.2. The molecular formula is C34H37N3O6. The van der Waals surface area contributed by atoms with Gasteiger partial charge < -0.3 is 18.9 Å². The summed E-state index contributed by atoms with van der Waals surface area (Å²) in [5.41, 5.74) is 4.36. The van der Waals surface area contributed by atoms with E-state index in [1.54, 1.807) is 30.5 Å². The minimum atomic E-state index is -0.516. The van der Waals surface area contributed by atoms with Gasteiger partial charge in [-0.05, 0) is 79.3 Å². The Morgan fingerprint density at radius 1 is 1.09 bits per heavy atom. The number of benzene rings is 3. The van der Waals surface area contributed by atoms with Crippen LogP contribution >= 0.6 is 0 Å². The molecule has 0 bridgehead atoms. The van der Waals surface area contributed by atoms with E-state index in [0.717, 1.165) is 28.0 Å². The summed E-state index contributed by atoms with van der Waals surface area (Å²) < 4.78 is 23.3. The first-order valence-corrected chi connectivity index (χ1v) is 14.1. The van der Waals surface area contributed by atoms with Crippen LogP contribution in [-0.2, 0) is 16.0 Å². The van der Waals surface area contributed by atoms with Crippen LogP contribution in [0.15, 0.2) is 71.1 Å². The van der Waals surface area contributed by atoms with E-state index in [9.17, 15) is 9.59 Å². The number of methoxy groups -OCH3 is 2. The van der Waals surface area contributed by atoms with E-state index in [0.29, 0.717) is 46.8 Å². The van der Waals surface area contributed by atoms with Crippen LogP contribution in [0.4, 0.5) is 0 Å². The van der Waals surface area contributed by atoms with Gasteiger partial charge in [-0.15, -0.1) is 6.58 Å². The maximum atomic E-state index is 13.9. The molecule has 43 heavy (non-hydrogen) atoms. The van der Waals surface area contributed by atoms with Crippen LogP contribution in [0.3, 0.4) is 0 Å². The summed E-state index contributed by atoms with van der Waals surface area (Å²) in [5, 5.41) is 5.11. The maximum Gasteiger partial charge on any atom is 0.343 e. The molecule has 0 atom stereocenters. The van der Waals surface area contributed by atoms with Crippen molar-refractivity contribution < 1.29 is 23.7 Å². The highest BCUT2D eigenvalue weighted by molar-refractivity contribution is 5.84. The summed E-state index contributed by atoms with van der Waals surface area (Å²) in [5.74, 6) is 1.70. The molecule has 0 saturated carbocycles. The van der Waals surface area contributed by atoms with Crippen molar-refractivity contribution in [2.75, 3.05) is 27.4 Å². The number of nitrogens with zero attached hydrogens (tertiary/aromatic N) is 3. The zero-order valence-electron chi connectivity index (χ0n) is 25.5. The number of esters is 1. The smallest absolute Gasteiger partial charge is 0.343 e. The minimum absolute atomic E-state index is 0.181. The average molecular weight is 584 g/mol. The monoisotopic (exact) mass is 583 g/mol. The molecule has 0 N–H and O–H groups in total. The number of carbonyl (C=O) groups excluding carboxylic acids is 1. The molecule has 0 amide bonds. The molecule has 0 saturated heterocycles. The van der Waals surface area contributed by atoms with Crippen molar-refractivity contribution in [1.82, 2.24) is 9.66 Å². The molecule has 1 aromatic heterocycles. The number of ether oxygens (including phenoxy) is 4. The highest BCUT2D eigenvalue weighted by Gasteiger charge is 2.19. The summed E-state index contributed by atoms with van der Waals surface area (Å²) >= 11 is 0. The number of fused-ring (bicyclic) bond motifs is 1. The largest absolute Gasteiger partial charge is 0.494 e. The van der Waals surface area contributed by atoms with E-state index >= 15 is 0 Å². The van der Waals surface area contributed by atoms with Crippen molar-refractivity contribution in [3.05, 3.63) is 93.8 Å². The first-order valence-electron chi connectivity index (χ1n) is 14.1. The van der Waals surface area contributed by atoms with Crippen LogP contribution in [0.1, 0.15) is 48.9 Å². The highest BCUT2D eigenvalue weighted by Crippen LogP contribution is 2.35. The summed E-state index contributed by atoms with van der Waals surface area (Å²) in [4.78, 5) is 30.5. The molecular weight excluding hydrogens is 546 g/mol. The zero-order valence-corrected chi connectivity index (χ0v) is 25.5. The predicted octanol–water partition coefficient (Wildman–Crippen LogP) is 6.07. The summed E-state index contributed by atoms with van der Waals surface area (Å²) in [6.45, 7) is 12.2. The van der Waals surface area contributed by atoms with Gasteiger partial charge in [0, 0.05) is 11.1 Å². The molecule has 0 aliphatic carbocycles. The molecule has 0 radical (unpaired) electrons. The summed E-state index contributed by atoms with van der Waals surface area (Å²) in [6.07, 6.45) is 3.74. The second-order valence-corrected chi connectivity index (χ2v) is 10.2. The van der Waals surface area contributed by atoms with Gasteiger partial charge in [0.15, 0.2) is 23.9 Å². The molecule has 0 unspecified atom stereocenters. The average Bonchev–Trinajstić information content (AvgIpc) is 2.99.